The average molecular weight is 892 g/mol. The van der Waals surface area contributed by atoms with Crippen LogP contribution >= 0.6 is 0 Å². The summed E-state index contributed by atoms with van der Waals surface area (Å²) >= 11 is 0. The molecule has 0 atom stereocenters. The van der Waals surface area contributed by atoms with Crippen LogP contribution in [0.2, 0.25) is 0 Å². The van der Waals surface area contributed by atoms with Crippen molar-refractivity contribution in [2.45, 2.75) is 10.8 Å². The zero-order chi connectivity index (χ0) is 46.2. The van der Waals surface area contributed by atoms with Crippen molar-refractivity contribution in [2.24, 2.45) is 0 Å². The molecule has 11 aromatic carbocycles. The summed E-state index contributed by atoms with van der Waals surface area (Å²) in [5, 5.41) is 3.42. The highest BCUT2D eigenvalue weighted by molar-refractivity contribution is 6.06. The molecular weight excluding hydrogens is 847 g/mol. The van der Waals surface area contributed by atoms with Crippen LogP contribution in [0.1, 0.15) is 44.5 Å². The van der Waals surface area contributed by atoms with Gasteiger partial charge in [0.1, 0.15) is 5.58 Å². The van der Waals surface area contributed by atoms with Crippen LogP contribution in [-0.2, 0) is 10.8 Å². The van der Waals surface area contributed by atoms with Gasteiger partial charge >= 0.3 is 0 Å². The molecule has 0 bridgehead atoms. The molecule has 0 aliphatic heterocycles. The van der Waals surface area contributed by atoms with Gasteiger partial charge in [-0.1, -0.05) is 218 Å². The molecule has 70 heavy (non-hydrogen) atoms. The zero-order valence-corrected chi connectivity index (χ0v) is 38.3. The van der Waals surface area contributed by atoms with E-state index in [0.29, 0.717) is 0 Å². The van der Waals surface area contributed by atoms with Crippen molar-refractivity contribution >= 4 is 38.8 Å². The average Bonchev–Trinajstić information content (AvgIpc) is 4.13. The summed E-state index contributed by atoms with van der Waals surface area (Å²) in [6.45, 7) is 0. The van der Waals surface area contributed by atoms with Crippen molar-refractivity contribution in [3.63, 3.8) is 0 Å². The molecule has 0 radical (unpaired) electrons. The third-order valence-electron chi connectivity index (χ3n) is 15.3. The Labute approximate surface area is 408 Å². The number of rotatable bonds is 8. The van der Waals surface area contributed by atoms with Crippen molar-refractivity contribution < 1.29 is 4.42 Å². The Morgan fingerprint density at radius 3 is 1.27 bits per heavy atom. The topological polar surface area (TPSA) is 16.4 Å². The van der Waals surface area contributed by atoms with Gasteiger partial charge in [-0.15, -0.1) is 0 Å². The maximum absolute atomic E-state index is 5.98. The maximum atomic E-state index is 5.98. The number of hydrogen-bond acceptors (Lipinski definition) is 2. The quantitative estimate of drug-likeness (QED) is 0.151. The molecule has 328 valence electrons. The van der Waals surface area contributed by atoms with Crippen LogP contribution in [0.5, 0.6) is 0 Å². The predicted molar refractivity (Wildman–Crippen MR) is 288 cm³/mol. The molecule has 0 saturated heterocycles. The summed E-state index contributed by atoms with van der Waals surface area (Å²) in [6, 6.07) is 98.8. The molecule has 2 aliphatic carbocycles. The van der Waals surface area contributed by atoms with Gasteiger partial charge < -0.3 is 9.32 Å². The molecule has 2 nitrogen and oxygen atoms in total. The molecule has 12 aromatic rings. The first-order valence-electron chi connectivity index (χ1n) is 24.2. The van der Waals surface area contributed by atoms with E-state index in [4.69, 9.17) is 4.42 Å². The maximum Gasteiger partial charge on any atom is 0.134 e. The Bertz CT molecular complexity index is 3690. The van der Waals surface area contributed by atoms with Gasteiger partial charge in [-0.25, -0.2) is 0 Å². The normalized spacial score (nSPS) is 13.7. The Hall–Kier alpha value is -8.98. The van der Waals surface area contributed by atoms with E-state index in [1.54, 1.807) is 6.26 Å². The lowest BCUT2D eigenvalue weighted by atomic mass is 9.67. The van der Waals surface area contributed by atoms with E-state index in [-0.39, 0.29) is 0 Å². The minimum atomic E-state index is -0.511. The fraction of sp³-hybridized carbons (Fsp3) is 0.0294. The van der Waals surface area contributed by atoms with Gasteiger partial charge in [-0.05, 0) is 132 Å². The van der Waals surface area contributed by atoms with Gasteiger partial charge in [-0.2, -0.15) is 0 Å². The molecule has 0 unspecified atom stereocenters. The highest BCUT2D eigenvalue weighted by Gasteiger charge is 2.48. The first-order valence-corrected chi connectivity index (χ1v) is 24.2. The largest absolute Gasteiger partial charge is 0.464 e. The summed E-state index contributed by atoms with van der Waals surface area (Å²) in [4.78, 5) is 2.52. The second kappa shape index (κ2) is 15.8. The van der Waals surface area contributed by atoms with E-state index < -0.39 is 10.8 Å². The molecule has 1 aromatic heterocycles. The van der Waals surface area contributed by atoms with Gasteiger partial charge in [-0.3, -0.25) is 0 Å². The number of nitrogens with zero attached hydrogens (tertiary/aromatic N) is 1. The van der Waals surface area contributed by atoms with E-state index in [2.05, 4.69) is 266 Å². The summed E-state index contributed by atoms with van der Waals surface area (Å²) < 4.78 is 5.98. The molecule has 1 heterocycles. The Balaban J connectivity index is 1.06. The van der Waals surface area contributed by atoms with E-state index in [0.717, 1.165) is 44.5 Å². The van der Waals surface area contributed by atoms with Crippen molar-refractivity contribution in [1.82, 2.24) is 0 Å². The molecule has 0 N–H and O–H groups in total. The first kappa shape index (κ1) is 40.1. The second-order valence-corrected chi connectivity index (χ2v) is 18.7. The predicted octanol–water partition coefficient (Wildman–Crippen LogP) is 17.4. The van der Waals surface area contributed by atoms with Crippen LogP contribution in [0.4, 0.5) is 17.1 Å². The Morgan fingerprint density at radius 2 is 0.743 bits per heavy atom. The number of hydrogen-bond donors (Lipinski definition) is 0. The van der Waals surface area contributed by atoms with Crippen LogP contribution in [0.15, 0.2) is 278 Å². The van der Waals surface area contributed by atoms with Crippen LogP contribution in [-0.4, -0.2) is 0 Å². The molecule has 0 spiro atoms. The monoisotopic (exact) mass is 891 g/mol. The third kappa shape index (κ3) is 5.74. The summed E-state index contributed by atoms with van der Waals surface area (Å²) in [6.07, 6.45) is 1.79. The van der Waals surface area contributed by atoms with Gasteiger partial charge in [0.15, 0.2) is 0 Å². The van der Waals surface area contributed by atoms with E-state index >= 15 is 0 Å². The van der Waals surface area contributed by atoms with Crippen molar-refractivity contribution in [1.29, 1.82) is 0 Å². The van der Waals surface area contributed by atoms with Gasteiger partial charge in [0.05, 0.1) is 22.8 Å². The standard InChI is InChI=1S/C68H45NO/c1-5-21-48(22-6-1)67(49-23-7-2-8-24-49)61-33-17-15-30-56(61)59-44-52(36-38-63(59)67)69(65-43-47(42-46-20-13-14-29-55(46)65)54-32-19-35-66-58(54)40-41-70-66)53-37-39-64-60(45-53)57-31-16-18-34-62(57)68(64,50-25-9-3-10-26-50)51-27-11-4-12-28-51/h1-45H. The number of fused-ring (bicyclic) bond motifs is 8. The molecule has 2 aliphatic rings. The molecular formula is C68H45NO. The van der Waals surface area contributed by atoms with Crippen LogP contribution in [0, 0.1) is 0 Å². The highest BCUT2D eigenvalue weighted by Crippen LogP contribution is 2.60. The Morgan fingerprint density at radius 1 is 0.300 bits per heavy atom. The van der Waals surface area contributed by atoms with Crippen molar-refractivity contribution in [3.8, 4) is 33.4 Å². The number of benzene rings is 11. The summed E-state index contributed by atoms with van der Waals surface area (Å²) in [5.74, 6) is 0. The smallest absolute Gasteiger partial charge is 0.134 e. The van der Waals surface area contributed by atoms with Gasteiger partial charge in [0, 0.05) is 22.1 Å². The van der Waals surface area contributed by atoms with Crippen LogP contribution < -0.4 is 4.90 Å². The lowest BCUT2D eigenvalue weighted by Gasteiger charge is -2.35. The lowest BCUT2D eigenvalue weighted by Crippen LogP contribution is -2.28. The van der Waals surface area contributed by atoms with E-state index in [9.17, 15) is 0 Å². The molecule has 0 fully saturated rings. The van der Waals surface area contributed by atoms with Crippen molar-refractivity contribution in [2.75, 3.05) is 4.90 Å². The molecule has 0 amide bonds. The number of anilines is 3. The SMILES string of the molecule is c1ccc(C2(c3ccccc3)c3ccccc3-c3cc(N(c4ccc5c(c4)-c4ccccc4C5(c4ccccc4)c4ccccc4)c4cc(-c5cccc6occc56)cc5ccccc45)ccc32)cc1. The molecule has 0 saturated carbocycles. The first-order chi connectivity index (χ1) is 34.7. The minimum Gasteiger partial charge on any atom is -0.464 e. The summed E-state index contributed by atoms with van der Waals surface area (Å²) in [7, 11) is 0. The third-order valence-corrected chi connectivity index (χ3v) is 15.3. The minimum absolute atomic E-state index is 0.511. The summed E-state index contributed by atoms with van der Waals surface area (Å²) in [5.41, 5.74) is 20.5. The lowest BCUT2D eigenvalue weighted by molar-refractivity contribution is 0.616. The fourth-order valence-electron chi connectivity index (χ4n) is 12.5. The zero-order valence-electron chi connectivity index (χ0n) is 38.3. The van der Waals surface area contributed by atoms with Crippen LogP contribution in [0.3, 0.4) is 0 Å². The van der Waals surface area contributed by atoms with Gasteiger partial charge in [0.2, 0.25) is 0 Å². The molecule has 14 rings (SSSR count). The number of furan rings is 1. The van der Waals surface area contributed by atoms with E-state index in [1.165, 1.54) is 72.1 Å². The fourth-order valence-corrected chi connectivity index (χ4v) is 12.5. The Kier molecular flexibility index (Phi) is 9.06. The highest BCUT2D eigenvalue weighted by atomic mass is 16.3. The van der Waals surface area contributed by atoms with E-state index in [1.807, 2.05) is 6.07 Å². The second-order valence-electron chi connectivity index (χ2n) is 18.7. The van der Waals surface area contributed by atoms with Crippen molar-refractivity contribution in [3.05, 3.63) is 318 Å². The van der Waals surface area contributed by atoms with Crippen LogP contribution in [0.25, 0.3) is 55.1 Å². The molecule has 2 heteroatoms. The van der Waals surface area contributed by atoms with Gasteiger partial charge in [0.25, 0.3) is 0 Å².